The quantitative estimate of drug-likeness (QED) is 0.670. The average Bonchev–Trinajstić information content (AvgIpc) is 2.34. The molecule has 2 amide bonds. The first-order chi connectivity index (χ1) is 9.31. The summed E-state index contributed by atoms with van der Waals surface area (Å²) in [6, 6.07) is 6.51. The van der Waals surface area contributed by atoms with Gasteiger partial charge in [-0.2, -0.15) is 0 Å². The number of hydrogen-bond donors (Lipinski definition) is 3. The lowest BCUT2D eigenvalue weighted by Crippen LogP contribution is -2.49. The van der Waals surface area contributed by atoms with E-state index in [2.05, 4.69) is 5.32 Å². The number of benzene rings is 1. The highest BCUT2D eigenvalue weighted by Gasteiger charge is 2.24. The number of amides is 2. The van der Waals surface area contributed by atoms with Crippen molar-refractivity contribution in [3.63, 3.8) is 0 Å². The molecule has 0 saturated heterocycles. The Labute approximate surface area is 119 Å². The molecule has 110 valence electrons. The molecule has 0 aliphatic heterocycles. The second-order valence-electron chi connectivity index (χ2n) is 5.02. The van der Waals surface area contributed by atoms with Crippen molar-refractivity contribution in [1.29, 1.82) is 0 Å². The summed E-state index contributed by atoms with van der Waals surface area (Å²) >= 11 is 0. The maximum atomic E-state index is 12.2. The van der Waals surface area contributed by atoms with Crippen LogP contribution in [0.4, 0.5) is 11.4 Å². The van der Waals surface area contributed by atoms with Gasteiger partial charge in [-0.25, -0.2) is 0 Å². The molecular formula is C14H22N4O2. The van der Waals surface area contributed by atoms with Crippen LogP contribution in [0.15, 0.2) is 24.3 Å². The largest absolute Gasteiger partial charge is 0.399 e. The van der Waals surface area contributed by atoms with Gasteiger partial charge in [0.15, 0.2) is 0 Å². The van der Waals surface area contributed by atoms with Gasteiger partial charge in [0.25, 0.3) is 0 Å². The molecular weight excluding hydrogens is 256 g/mol. The van der Waals surface area contributed by atoms with Gasteiger partial charge in [-0.3, -0.25) is 14.5 Å². The molecule has 1 rings (SSSR count). The zero-order valence-corrected chi connectivity index (χ0v) is 12.1. The Morgan fingerprint density at radius 2 is 1.95 bits per heavy atom. The molecule has 0 fully saturated rings. The molecule has 6 heteroatoms. The van der Waals surface area contributed by atoms with E-state index >= 15 is 0 Å². The predicted molar refractivity (Wildman–Crippen MR) is 80.0 cm³/mol. The molecule has 0 radical (unpaired) electrons. The number of nitrogen functional groups attached to an aromatic ring is 1. The van der Waals surface area contributed by atoms with Crippen LogP contribution in [-0.4, -0.2) is 35.3 Å². The summed E-state index contributed by atoms with van der Waals surface area (Å²) in [5, 5.41) is 2.78. The number of rotatable bonds is 6. The topological polar surface area (TPSA) is 101 Å². The van der Waals surface area contributed by atoms with Crippen LogP contribution in [0.3, 0.4) is 0 Å². The Kier molecular flexibility index (Phi) is 5.52. The Balaban J connectivity index is 2.76. The lowest BCUT2D eigenvalue weighted by molar-refractivity contribution is -0.124. The molecule has 5 N–H and O–H groups in total. The first-order valence-corrected chi connectivity index (χ1v) is 6.51. The average molecular weight is 278 g/mol. The number of primary amides is 1. The second kappa shape index (κ2) is 6.91. The first-order valence-electron chi connectivity index (χ1n) is 6.51. The van der Waals surface area contributed by atoms with Gasteiger partial charge in [-0.05, 0) is 39.0 Å². The summed E-state index contributed by atoms with van der Waals surface area (Å²) in [5.41, 5.74) is 12.1. The summed E-state index contributed by atoms with van der Waals surface area (Å²) in [7, 11) is 0. The maximum Gasteiger partial charge on any atom is 0.241 e. The maximum absolute atomic E-state index is 12.2. The Bertz CT molecular complexity index is 488. The second-order valence-corrected chi connectivity index (χ2v) is 5.02. The van der Waals surface area contributed by atoms with E-state index in [1.165, 1.54) is 0 Å². The Morgan fingerprint density at radius 1 is 1.30 bits per heavy atom. The minimum absolute atomic E-state index is 0.0316. The molecule has 1 atom stereocenters. The van der Waals surface area contributed by atoms with E-state index in [0.29, 0.717) is 11.4 Å². The summed E-state index contributed by atoms with van der Waals surface area (Å²) in [6.45, 7) is 5.61. The zero-order valence-electron chi connectivity index (χ0n) is 12.1. The van der Waals surface area contributed by atoms with E-state index in [4.69, 9.17) is 11.5 Å². The fourth-order valence-electron chi connectivity index (χ4n) is 1.96. The van der Waals surface area contributed by atoms with Crippen molar-refractivity contribution in [2.45, 2.75) is 32.9 Å². The highest BCUT2D eigenvalue weighted by molar-refractivity contribution is 5.95. The first kappa shape index (κ1) is 16.0. The predicted octanol–water partition coefficient (Wildman–Crippen LogP) is 0.792. The van der Waals surface area contributed by atoms with Gasteiger partial charge in [-0.1, -0.05) is 6.07 Å². The molecule has 0 spiro atoms. The van der Waals surface area contributed by atoms with Crippen LogP contribution in [0.1, 0.15) is 20.8 Å². The summed E-state index contributed by atoms with van der Waals surface area (Å²) in [6.07, 6.45) is 0. The van der Waals surface area contributed by atoms with Crippen molar-refractivity contribution in [2.75, 3.05) is 17.6 Å². The third kappa shape index (κ3) is 4.55. The molecule has 6 nitrogen and oxygen atoms in total. The lowest BCUT2D eigenvalue weighted by atomic mass is 10.2. The van der Waals surface area contributed by atoms with Crippen LogP contribution in [-0.2, 0) is 9.59 Å². The van der Waals surface area contributed by atoms with E-state index in [1.807, 2.05) is 13.8 Å². The number of nitrogens with zero attached hydrogens (tertiary/aromatic N) is 1. The van der Waals surface area contributed by atoms with Gasteiger partial charge in [0.1, 0.15) is 0 Å². The molecule has 0 bridgehead atoms. The van der Waals surface area contributed by atoms with Gasteiger partial charge in [0.2, 0.25) is 11.8 Å². The highest BCUT2D eigenvalue weighted by atomic mass is 16.2. The minimum Gasteiger partial charge on any atom is -0.399 e. The van der Waals surface area contributed by atoms with Crippen molar-refractivity contribution >= 4 is 23.2 Å². The molecule has 1 unspecified atom stereocenters. The van der Waals surface area contributed by atoms with Gasteiger partial charge >= 0.3 is 0 Å². The van der Waals surface area contributed by atoms with Crippen LogP contribution in [0.5, 0.6) is 0 Å². The number of carbonyl (C=O) groups is 2. The Morgan fingerprint density at radius 3 is 2.45 bits per heavy atom. The molecule has 1 aromatic rings. The lowest BCUT2D eigenvalue weighted by Gasteiger charge is -2.30. The smallest absolute Gasteiger partial charge is 0.241 e. The number of nitrogens with two attached hydrogens (primary N) is 2. The number of hydrogen-bond acceptors (Lipinski definition) is 4. The molecule has 1 aromatic carbocycles. The standard InChI is InChI=1S/C14H22N4O2/c1-9(2)18(8-13(16)19)10(3)14(20)17-12-6-4-5-11(15)7-12/h4-7,9-10H,8,15H2,1-3H3,(H2,16,19)(H,17,20). The normalized spacial score (nSPS) is 12.4. The third-order valence-corrected chi connectivity index (χ3v) is 3.03. The van der Waals surface area contributed by atoms with E-state index in [0.717, 1.165) is 0 Å². The molecule has 0 aliphatic carbocycles. The van der Waals surface area contributed by atoms with Crippen molar-refractivity contribution in [1.82, 2.24) is 4.90 Å². The zero-order chi connectivity index (χ0) is 15.3. The number of carbonyl (C=O) groups excluding carboxylic acids is 2. The van der Waals surface area contributed by atoms with Crippen molar-refractivity contribution < 1.29 is 9.59 Å². The fourth-order valence-corrected chi connectivity index (χ4v) is 1.96. The summed E-state index contributed by atoms with van der Waals surface area (Å²) < 4.78 is 0. The molecule has 20 heavy (non-hydrogen) atoms. The van der Waals surface area contributed by atoms with Crippen LogP contribution < -0.4 is 16.8 Å². The van der Waals surface area contributed by atoms with Gasteiger partial charge in [0, 0.05) is 17.4 Å². The van der Waals surface area contributed by atoms with Crippen LogP contribution in [0.25, 0.3) is 0 Å². The summed E-state index contributed by atoms with van der Waals surface area (Å²) in [4.78, 5) is 25.0. The molecule has 0 saturated carbocycles. The fraction of sp³-hybridized carbons (Fsp3) is 0.429. The highest BCUT2D eigenvalue weighted by Crippen LogP contribution is 2.13. The van der Waals surface area contributed by atoms with Gasteiger partial charge in [-0.15, -0.1) is 0 Å². The third-order valence-electron chi connectivity index (χ3n) is 3.03. The van der Waals surface area contributed by atoms with E-state index in [1.54, 1.807) is 36.1 Å². The van der Waals surface area contributed by atoms with E-state index in [-0.39, 0.29) is 18.5 Å². The minimum atomic E-state index is -0.469. The molecule has 0 aliphatic rings. The van der Waals surface area contributed by atoms with Gasteiger partial charge in [0.05, 0.1) is 12.6 Å². The van der Waals surface area contributed by atoms with Crippen molar-refractivity contribution in [2.24, 2.45) is 5.73 Å². The van der Waals surface area contributed by atoms with Crippen LogP contribution in [0, 0.1) is 0 Å². The van der Waals surface area contributed by atoms with E-state index < -0.39 is 11.9 Å². The SMILES string of the molecule is CC(C)N(CC(N)=O)C(C)C(=O)Nc1cccc(N)c1. The number of anilines is 2. The van der Waals surface area contributed by atoms with Crippen LogP contribution >= 0.6 is 0 Å². The number of nitrogens with one attached hydrogen (secondary N) is 1. The van der Waals surface area contributed by atoms with Crippen molar-refractivity contribution in [3.8, 4) is 0 Å². The monoisotopic (exact) mass is 278 g/mol. The molecule has 0 aromatic heterocycles. The Hall–Kier alpha value is -2.08. The summed E-state index contributed by atoms with van der Waals surface area (Å²) in [5.74, 6) is -0.659. The van der Waals surface area contributed by atoms with Crippen LogP contribution in [0.2, 0.25) is 0 Å². The van der Waals surface area contributed by atoms with Gasteiger partial charge < -0.3 is 16.8 Å². The van der Waals surface area contributed by atoms with E-state index in [9.17, 15) is 9.59 Å². The van der Waals surface area contributed by atoms with Crippen molar-refractivity contribution in [3.05, 3.63) is 24.3 Å². The molecule has 0 heterocycles.